The van der Waals surface area contributed by atoms with Gasteiger partial charge < -0.3 is 14.8 Å². The van der Waals surface area contributed by atoms with Crippen molar-refractivity contribution in [3.05, 3.63) is 78.8 Å². The average molecular weight is 425 g/mol. The third-order valence-corrected chi connectivity index (χ3v) is 5.50. The molecule has 5 aromatic rings. The van der Waals surface area contributed by atoms with Gasteiger partial charge in [0, 0.05) is 29.1 Å². The Bertz CT molecular complexity index is 1380. The summed E-state index contributed by atoms with van der Waals surface area (Å²) in [6.45, 7) is 0.832. The summed E-state index contributed by atoms with van der Waals surface area (Å²) in [6.07, 6.45) is 4.38. The summed E-state index contributed by atoms with van der Waals surface area (Å²) < 4.78 is 12.9. The summed E-state index contributed by atoms with van der Waals surface area (Å²) in [5, 5.41) is 9.91. The topological polar surface area (TPSA) is 74.1 Å². The summed E-state index contributed by atoms with van der Waals surface area (Å²) >= 11 is 0. The second-order valence-electron chi connectivity index (χ2n) is 7.45. The fourth-order valence-corrected chi connectivity index (χ4v) is 3.84. The third-order valence-electron chi connectivity index (χ3n) is 5.50. The number of aromatic nitrogens is 4. The molecule has 0 spiro atoms. The summed E-state index contributed by atoms with van der Waals surface area (Å²) in [6, 6.07) is 20.4. The van der Waals surface area contributed by atoms with Crippen LogP contribution in [-0.4, -0.2) is 34.0 Å². The molecular formula is C25H23N5O2. The van der Waals surface area contributed by atoms with Crippen LogP contribution in [0.1, 0.15) is 5.56 Å². The van der Waals surface area contributed by atoms with Crippen LogP contribution in [0.25, 0.3) is 21.8 Å². The fraction of sp³-hybridized carbons (Fsp3) is 0.160. The third kappa shape index (κ3) is 3.80. The molecular weight excluding hydrogens is 402 g/mol. The van der Waals surface area contributed by atoms with Crippen LogP contribution < -0.4 is 14.8 Å². The zero-order chi connectivity index (χ0) is 21.9. The van der Waals surface area contributed by atoms with Gasteiger partial charge in [-0.15, -0.1) is 0 Å². The number of nitrogens with zero attached hydrogens (tertiary/aromatic N) is 4. The first-order valence-corrected chi connectivity index (χ1v) is 10.4. The molecule has 0 bridgehead atoms. The number of benzene rings is 3. The van der Waals surface area contributed by atoms with Gasteiger partial charge >= 0.3 is 0 Å². The Morgan fingerprint density at radius 3 is 2.53 bits per heavy atom. The van der Waals surface area contributed by atoms with E-state index >= 15 is 0 Å². The van der Waals surface area contributed by atoms with E-state index in [1.165, 1.54) is 11.9 Å². The molecule has 32 heavy (non-hydrogen) atoms. The molecule has 0 radical (unpaired) electrons. The highest BCUT2D eigenvalue weighted by molar-refractivity contribution is 5.94. The lowest BCUT2D eigenvalue weighted by Crippen LogP contribution is -2.03. The molecule has 0 amide bonds. The molecule has 2 aromatic heterocycles. The van der Waals surface area contributed by atoms with Crippen molar-refractivity contribution >= 4 is 33.3 Å². The minimum Gasteiger partial charge on any atom is -0.493 e. The molecule has 7 heteroatoms. The number of hydrogen-bond donors (Lipinski definition) is 1. The SMILES string of the molecule is COc1cc2ncnc(Nc3ccc4c(cnn4CCc4ccccc4)c3)c2cc1OC. The Morgan fingerprint density at radius 1 is 0.906 bits per heavy atom. The Balaban J connectivity index is 1.42. The van der Waals surface area contributed by atoms with Crippen molar-refractivity contribution in [3.8, 4) is 11.5 Å². The molecule has 0 unspecified atom stereocenters. The van der Waals surface area contributed by atoms with Gasteiger partial charge in [0.15, 0.2) is 11.5 Å². The van der Waals surface area contributed by atoms with Crippen LogP contribution in [0.5, 0.6) is 11.5 Å². The number of hydrogen-bond acceptors (Lipinski definition) is 6. The molecule has 0 aliphatic heterocycles. The first-order chi connectivity index (χ1) is 15.7. The number of aryl methyl sites for hydroxylation is 2. The molecule has 1 N–H and O–H groups in total. The second-order valence-corrected chi connectivity index (χ2v) is 7.45. The van der Waals surface area contributed by atoms with Crippen molar-refractivity contribution in [1.29, 1.82) is 0 Å². The maximum Gasteiger partial charge on any atom is 0.162 e. The van der Waals surface area contributed by atoms with Crippen molar-refractivity contribution in [2.75, 3.05) is 19.5 Å². The summed E-state index contributed by atoms with van der Waals surface area (Å²) in [4.78, 5) is 8.81. The zero-order valence-electron chi connectivity index (χ0n) is 17.9. The Morgan fingerprint density at radius 2 is 1.72 bits per heavy atom. The van der Waals surface area contributed by atoms with Gasteiger partial charge in [0.05, 0.1) is 31.4 Å². The predicted molar refractivity (Wildman–Crippen MR) is 126 cm³/mol. The van der Waals surface area contributed by atoms with Gasteiger partial charge in [-0.3, -0.25) is 4.68 Å². The standard InChI is InChI=1S/C25H23N5O2/c1-31-23-13-20-21(14-24(23)32-2)26-16-27-25(20)29-19-8-9-22-18(12-19)15-28-30(22)11-10-17-6-4-3-5-7-17/h3-9,12-16H,10-11H2,1-2H3,(H,26,27,29). The maximum absolute atomic E-state index is 5.45. The zero-order valence-corrected chi connectivity index (χ0v) is 17.9. The lowest BCUT2D eigenvalue weighted by atomic mass is 10.1. The molecule has 0 atom stereocenters. The number of nitrogens with one attached hydrogen (secondary N) is 1. The van der Waals surface area contributed by atoms with Gasteiger partial charge in [0.25, 0.3) is 0 Å². The van der Waals surface area contributed by atoms with E-state index in [1.54, 1.807) is 14.2 Å². The summed E-state index contributed by atoms with van der Waals surface area (Å²) in [5.74, 6) is 1.97. The molecule has 0 aliphatic carbocycles. The molecule has 160 valence electrons. The molecule has 0 aliphatic rings. The first-order valence-electron chi connectivity index (χ1n) is 10.4. The van der Waals surface area contributed by atoms with Crippen LogP contribution in [0.3, 0.4) is 0 Å². The number of anilines is 2. The van der Waals surface area contributed by atoms with Crippen molar-refractivity contribution in [3.63, 3.8) is 0 Å². The van der Waals surface area contributed by atoms with Crippen LogP contribution >= 0.6 is 0 Å². The predicted octanol–water partition coefficient (Wildman–Crippen LogP) is 4.98. The highest BCUT2D eigenvalue weighted by Gasteiger charge is 2.12. The van der Waals surface area contributed by atoms with E-state index in [4.69, 9.17) is 9.47 Å². The first kappa shape index (κ1) is 19.8. The second kappa shape index (κ2) is 8.55. The van der Waals surface area contributed by atoms with Gasteiger partial charge in [0.1, 0.15) is 12.1 Å². The number of methoxy groups -OCH3 is 2. The quantitative estimate of drug-likeness (QED) is 0.396. The van der Waals surface area contributed by atoms with E-state index in [0.717, 1.165) is 40.5 Å². The Labute approximate surface area is 185 Å². The summed E-state index contributed by atoms with van der Waals surface area (Å²) in [5.41, 5.74) is 4.10. The van der Waals surface area contributed by atoms with Crippen LogP contribution in [0, 0.1) is 0 Å². The van der Waals surface area contributed by atoms with Crippen molar-refractivity contribution in [1.82, 2.24) is 19.7 Å². The minimum atomic E-state index is 0.632. The molecule has 0 saturated heterocycles. The maximum atomic E-state index is 5.45. The van der Waals surface area contributed by atoms with Gasteiger partial charge in [0.2, 0.25) is 0 Å². The van der Waals surface area contributed by atoms with Gasteiger partial charge in [-0.05, 0) is 36.2 Å². The van der Waals surface area contributed by atoms with E-state index in [0.29, 0.717) is 17.3 Å². The van der Waals surface area contributed by atoms with Crippen molar-refractivity contribution in [2.24, 2.45) is 0 Å². The van der Waals surface area contributed by atoms with Crippen LogP contribution in [0.15, 0.2) is 73.2 Å². The smallest absolute Gasteiger partial charge is 0.162 e. The van der Waals surface area contributed by atoms with Crippen molar-refractivity contribution < 1.29 is 9.47 Å². The van der Waals surface area contributed by atoms with Crippen LogP contribution in [0.2, 0.25) is 0 Å². The van der Waals surface area contributed by atoms with E-state index < -0.39 is 0 Å². The molecule has 2 heterocycles. The molecule has 7 nitrogen and oxygen atoms in total. The van der Waals surface area contributed by atoms with E-state index in [-0.39, 0.29) is 0 Å². The molecule has 3 aromatic carbocycles. The Hall–Kier alpha value is -4.13. The van der Waals surface area contributed by atoms with Crippen molar-refractivity contribution in [2.45, 2.75) is 13.0 Å². The number of ether oxygens (including phenoxy) is 2. The molecule has 0 fully saturated rings. The van der Waals surface area contributed by atoms with Gasteiger partial charge in [-0.2, -0.15) is 5.10 Å². The highest BCUT2D eigenvalue weighted by atomic mass is 16.5. The largest absolute Gasteiger partial charge is 0.493 e. The molecule has 5 rings (SSSR count). The highest BCUT2D eigenvalue weighted by Crippen LogP contribution is 2.34. The van der Waals surface area contributed by atoms with E-state index in [9.17, 15) is 0 Å². The van der Waals surface area contributed by atoms with Gasteiger partial charge in [-0.25, -0.2) is 9.97 Å². The normalized spacial score (nSPS) is 11.1. The van der Waals surface area contributed by atoms with Crippen LogP contribution in [0.4, 0.5) is 11.5 Å². The average Bonchev–Trinajstić information content (AvgIpc) is 3.25. The lowest BCUT2D eigenvalue weighted by molar-refractivity contribution is 0.356. The monoisotopic (exact) mass is 425 g/mol. The number of fused-ring (bicyclic) bond motifs is 2. The summed E-state index contributed by atoms with van der Waals surface area (Å²) in [7, 11) is 3.23. The lowest BCUT2D eigenvalue weighted by Gasteiger charge is -2.12. The van der Waals surface area contributed by atoms with Gasteiger partial charge in [-0.1, -0.05) is 30.3 Å². The Kier molecular flexibility index (Phi) is 5.29. The molecule has 0 saturated carbocycles. The van der Waals surface area contributed by atoms with Crippen LogP contribution in [-0.2, 0) is 13.0 Å². The minimum absolute atomic E-state index is 0.632. The van der Waals surface area contributed by atoms with E-state index in [1.807, 2.05) is 35.1 Å². The fourth-order valence-electron chi connectivity index (χ4n) is 3.84. The van der Waals surface area contributed by atoms with E-state index in [2.05, 4.69) is 56.8 Å². The number of rotatable bonds is 7.